The minimum atomic E-state index is -0.210. The van der Waals surface area contributed by atoms with Gasteiger partial charge in [-0.1, -0.05) is 61.2 Å². The van der Waals surface area contributed by atoms with Crippen molar-refractivity contribution in [3.8, 4) is 11.3 Å². The van der Waals surface area contributed by atoms with Crippen LogP contribution in [0.5, 0.6) is 0 Å². The molecule has 0 atom stereocenters. The Morgan fingerprint density at radius 2 is 1.83 bits per heavy atom. The molecule has 0 unspecified atom stereocenters. The maximum absolute atomic E-state index is 10.0. The van der Waals surface area contributed by atoms with Crippen molar-refractivity contribution in [1.82, 2.24) is 4.98 Å². The third-order valence-electron chi connectivity index (χ3n) is 6.45. The average molecular weight is 641 g/mol. The van der Waals surface area contributed by atoms with Crippen molar-refractivity contribution in [2.24, 2.45) is 0 Å². The molecule has 1 aliphatic rings. The second-order valence-electron chi connectivity index (χ2n) is 9.47. The normalized spacial score (nSPS) is 13.7. The van der Waals surface area contributed by atoms with Crippen LogP contribution >= 0.6 is 0 Å². The SMILES string of the molecule is CC(=O)/C=C(/C)O.Cc1ccc2cnc3c(c2c1)C(C)(C)c1cccc2oc4cc[c-]c-3c4c12.[Ir]. The van der Waals surface area contributed by atoms with Crippen molar-refractivity contribution in [3.05, 3.63) is 89.3 Å². The van der Waals surface area contributed by atoms with Crippen LogP contribution in [0.15, 0.2) is 71.0 Å². The van der Waals surface area contributed by atoms with Crippen LogP contribution in [0, 0.1) is 13.0 Å². The molecule has 4 nitrogen and oxygen atoms in total. The van der Waals surface area contributed by atoms with Gasteiger partial charge in [-0.15, -0.1) is 17.7 Å². The Morgan fingerprint density at radius 3 is 2.51 bits per heavy atom. The zero-order valence-electron chi connectivity index (χ0n) is 20.3. The molecule has 179 valence electrons. The molecule has 0 fully saturated rings. The van der Waals surface area contributed by atoms with Gasteiger partial charge >= 0.3 is 0 Å². The summed E-state index contributed by atoms with van der Waals surface area (Å²) in [6.07, 6.45) is 3.16. The van der Waals surface area contributed by atoms with Gasteiger partial charge in [0.05, 0.1) is 11.3 Å². The number of aliphatic hydroxyl groups excluding tert-OH is 1. The number of allylic oxidation sites excluding steroid dienone is 2. The molecular formula is C30H26IrNO3-. The molecule has 2 heterocycles. The van der Waals surface area contributed by atoms with Crippen LogP contribution in [0.2, 0.25) is 0 Å². The third kappa shape index (κ3) is 4.09. The van der Waals surface area contributed by atoms with Gasteiger partial charge in [-0.2, -0.15) is 0 Å². The number of rotatable bonds is 1. The Bertz CT molecular complexity index is 1640. The topological polar surface area (TPSA) is 63.3 Å². The number of pyridine rings is 1. The van der Waals surface area contributed by atoms with Crippen molar-refractivity contribution < 1.29 is 34.4 Å². The number of hydrogen-bond donors (Lipinski definition) is 1. The van der Waals surface area contributed by atoms with E-state index in [1.54, 1.807) is 0 Å². The minimum Gasteiger partial charge on any atom is -0.512 e. The molecule has 0 amide bonds. The van der Waals surface area contributed by atoms with E-state index in [2.05, 4.69) is 63.2 Å². The van der Waals surface area contributed by atoms with E-state index in [-0.39, 0.29) is 37.1 Å². The number of benzene rings is 3. The van der Waals surface area contributed by atoms with Crippen molar-refractivity contribution in [2.75, 3.05) is 0 Å². The largest absolute Gasteiger partial charge is 0.512 e. The first-order valence-electron chi connectivity index (χ1n) is 11.3. The summed E-state index contributed by atoms with van der Waals surface area (Å²) in [5, 5.41) is 13.1. The second-order valence-corrected chi connectivity index (χ2v) is 9.47. The van der Waals surface area contributed by atoms with Crippen LogP contribution < -0.4 is 0 Å². The molecule has 1 N–H and O–H groups in total. The Labute approximate surface area is 218 Å². The fourth-order valence-corrected chi connectivity index (χ4v) is 5.09. The molecule has 2 aromatic heterocycles. The summed E-state index contributed by atoms with van der Waals surface area (Å²) < 4.78 is 6.18. The van der Waals surface area contributed by atoms with E-state index in [1.807, 2.05) is 18.3 Å². The summed E-state index contributed by atoms with van der Waals surface area (Å²) in [5.74, 6) is -0.0625. The molecule has 0 saturated heterocycles. The minimum absolute atomic E-state index is 0. The summed E-state index contributed by atoms with van der Waals surface area (Å²) >= 11 is 0. The standard InChI is InChI=1S/C25H18NO.C5H8O2.Ir/c1-14-10-11-15-13-26-24-16-6-4-8-19-21(16)22-18(7-5-9-20(22)27-19)25(2,3)23(24)17(15)12-14;1-4(6)3-5(2)7;/h4-5,7-13H,1-3H3;3,6H,1-2H3;/q-1;;/b;4-3-;. The molecule has 3 aromatic carbocycles. The molecule has 0 bridgehead atoms. The summed E-state index contributed by atoms with van der Waals surface area (Å²) in [7, 11) is 0. The predicted octanol–water partition coefficient (Wildman–Crippen LogP) is 7.58. The number of aliphatic hydroxyl groups is 1. The van der Waals surface area contributed by atoms with Gasteiger partial charge < -0.3 is 14.5 Å². The number of carbonyl (C=O) groups excluding carboxylic acids is 1. The first-order valence-corrected chi connectivity index (χ1v) is 11.3. The van der Waals surface area contributed by atoms with Crippen LogP contribution in [-0.2, 0) is 30.3 Å². The number of carbonyl (C=O) groups is 1. The van der Waals surface area contributed by atoms with Crippen LogP contribution in [0.25, 0.3) is 44.0 Å². The predicted molar refractivity (Wildman–Crippen MR) is 137 cm³/mol. The van der Waals surface area contributed by atoms with Gasteiger partial charge in [0.15, 0.2) is 5.78 Å². The molecular weight excluding hydrogens is 615 g/mol. The fourth-order valence-electron chi connectivity index (χ4n) is 5.09. The summed E-state index contributed by atoms with van der Waals surface area (Å²) in [6.45, 7) is 9.60. The van der Waals surface area contributed by atoms with Crippen molar-refractivity contribution in [1.29, 1.82) is 0 Å². The van der Waals surface area contributed by atoms with Crippen LogP contribution in [0.3, 0.4) is 0 Å². The van der Waals surface area contributed by atoms with E-state index >= 15 is 0 Å². The van der Waals surface area contributed by atoms with Gasteiger partial charge in [-0.25, -0.2) is 0 Å². The van der Waals surface area contributed by atoms with Crippen molar-refractivity contribution >= 4 is 38.5 Å². The number of furan rings is 1. The maximum Gasteiger partial charge on any atom is 0.155 e. The van der Waals surface area contributed by atoms with Gasteiger partial charge in [-0.05, 0) is 59.8 Å². The van der Waals surface area contributed by atoms with E-state index < -0.39 is 0 Å². The molecule has 5 aromatic rings. The molecule has 0 saturated carbocycles. The average Bonchev–Trinajstić information content (AvgIpc) is 3.12. The second kappa shape index (κ2) is 9.07. The van der Waals surface area contributed by atoms with Gasteiger partial charge in [0.1, 0.15) is 5.58 Å². The Morgan fingerprint density at radius 1 is 1.09 bits per heavy atom. The summed E-state index contributed by atoms with van der Waals surface area (Å²) in [5.41, 5.74) is 7.51. The fraction of sp³-hybridized carbons (Fsp3) is 0.200. The molecule has 0 aliphatic heterocycles. The van der Waals surface area contributed by atoms with E-state index in [0.29, 0.717) is 0 Å². The van der Waals surface area contributed by atoms with Gasteiger partial charge in [-0.3, -0.25) is 4.79 Å². The Balaban J connectivity index is 0.000000320. The quantitative estimate of drug-likeness (QED) is 0.117. The zero-order chi connectivity index (χ0) is 24.2. The molecule has 35 heavy (non-hydrogen) atoms. The number of ketones is 1. The van der Waals surface area contributed by atoms with Gasteiger partial charge in [0.2, 0.25) is 0 Å². The maximum atomic E-state index is 10.0. The number of fused-ring (bicyclic) bond motifs is 4. The van der Waals surface area contributed by atoms with Crippen molar-refractivity contribution in [3.63, 3.8) is 0 Å². The van der Waals surface area contributed by atoms with Crippen LogP contribution in [0.4, 0.5) is 0 Å². The number of nitrogens with zero attached hydrogens (tertiary/aromatic N) is 1. The number of aryl methyl sites for hydroxylation is 1. The van der Waals surface area contributed by atoms with E-state index in [4.69, 9.17) is 14.5 Å². The first-order chi connectivity index (χ1) is 16.2. The van der Waals surface area contributed by atoms with Crippen LogP contribution in [-0.4, -0.2) is 15.9 Å². The smallest absolute Gasteiger partial charge is 0.155 e. The summed E-state index contributed by atoms with van der Waals surface area (Å²) in [6, 6.07) is 20.4. The molecule has 1 aliphatic carbocycles. The molecule has 5 heteroatoms. The van der Waals surface area contributed by atoms with E-state index in [1.165, 1.54) is 52.8 Å². The number of hydrogen-bond acceptors (Lipinski definition) is 4. The van der Waals surface area contributed by atoms with E-state index in [0.717, 1.165) is 27.8 Å². The molecule has 6 rings (SSSR count). The summed E-state index contributed by atoms with van der Waals surface area (Å²) in [4.78, 5) is 15.0. The van der Waals surface area contributed by atoms with Crippen LogP contribution in [0.1, 0.15) is 44.4 Å². The first kappa shape index (κ1) is 24.8. The third-order valence-corrected chi connectivity index (χ3v) is 6.45. The number of aromatic nitrogens is 1. The Kier molecular flexibility index (Phi) is 6.44. The van der Waals surface area contributed by atoms with Gasteiger partial charge in [0, 0.05) is 37.8 Å². The van der Waals surface area contributed by atoms with Gasteiger partial charge in [0.25, 0.3) is 0 Å². The van der Waals surface area contributed by atoms with E-state index in [9.17, 15) is 4.79 Å². The zero-order valence-corrected chi connectivity index (χ0v) is 22.7. The Hall–Kier alpha value is -3.27. The molecule has 1 radical (unpaired) electrons. The molecule has 0 spiro atoms. The monoisotopic (exact) mass is 641 g/mol. The van der Waals surface area contributed by atoms with Crippen molar-refractivity contribution in [2.45, 2.75) is 40.0 Å².